The first kappa shape index (κ1) is 20.9. The van der Waals surface area contributed by atoms with Crippen molar-refractivity contribution < 1.29 is 14.6 Å². The van der Waals surface area contributed by atoms with E-state index < -0.39 is 0 Å². The molecule has 27 heavy (non-hydrogen) atoms. The molecule has 0 atom stereocenters. The average molecular weight is 370 g/mol. The van der Waals surface area contributed by atoms with Crippen LogP contribution in [0, 0.1) is 0 Å². The minimum Gasteiger partial charge on any atom is -0.287 e. The number of carbonyl (C=O) groups is 1. The lowest BCUT2D eigenvalue weighted by Crippen LogP contribution is -2.07. The van der Waals surface area contributed by atoms with E-state index in [1.165, 1.54) is 37.7 Å². The van der Waals surface area contributed by atoms with E-state index in [2.05, 4.69) is 16.9 Å². The molecule has 1 aromatic carbocycles. The van der Waals surface area contributed by atoms with Gasteiger partial charge < -0.3 is 0 Å². The van der Waals surface area contributed by atoms with E-state index in [0.29, 0.717) is 18.0 Å². The molecule has 0 aliphatic heterocycles. The highest BCUT2D eigenvalue weighted by Crippen LogP contribution is 2.20. The maximum atomic E-state index is 11.5. The number of unbranched alkanes of at least 4 members (excludes halogenated alkanes) is 5. The topological polar surface area (TPSA) is 61.3 Å². The van der Waals surface area contributed by atoms with Gasteiger partial charge in [0.25, 0.3) is 0 Å². The molecule has 0 radical (unpaired) electrons. The van der Waals surface area contributed by atoms with Gasteiger partial charge in [0.1, 0.15) is 0 Å². The Balaban J connectivity index is 1.81. The summed E-state index contributed by atoms with van der Waals surface area (Å²) in [4.78, 5) is 30.2. The molecule has 2 rings (SSSR count). The molecule has 0 N–H and O–H groups in total. The first-order valence-electron chi connectivity index (χ1n) is 10.0. The van der Waals surface area contributed by atoms with E-state index in [1.54, 1.807) is 12.1 Å². The van der Waals surface area contributed by atoms with Crippen LogP contribution in [0.15, 0.2) is 36.7 Å². The van der Waals surface area contributed by atoms with E-state index in [1.807, 2.05) is 31.5 Å². The Morgan fingerprint density at radius 2 is 1.56 bits per heavy atom. The summed E-state index contributed by atoms with van der Waals surface area (Å²) in [6.45, 7) is 4.25. The Morgan fingerprint density at radius 1 is 0.889 bits per heavy atom. The van der Waals surface area contributed by atoms with Crippen LogP contribution in [-0.2, 0) is 16.1 Å². The lowest BCUT2D eigenvalue weighted by atomic mass is 10.1. The summed E-state index contributed by atoms with van der Waals surface area (Å²) in [5.74, 6) is 0.804. The van der Waals surface area contributed by atoms with Gasteiger partial charge in [0.2, 0.25) is 0 Å². The molecule has 0 bridgehead atoms. The predicted molar refractivity (Wildman–Crippen MR) is 106 cm³/mol. The van der Waals surface area contributed by atoms with Crippen LogP contribution in [-0.4, -0.2) is 15.9 Å². The van der Waals surface area contributed by atoms with Crippen molar-refractivity contribution in [2.45, 2.75) is 71.6 Å². The largest absolute Gasteiger partial charge is 0.355 e. The summed E-state index contributed by atoms with van der Waals surface area (Å²) in [5.41, 5.74) is 2.07. The molecular formula is C22H30N2O3. The van der Waals surface area contributed by atoms with Crippen LogP contribution >= 0.6 is 0 Å². The van der Waals surface area contributed by atoms with E-state index in [0.717, 1.165) is 24.8 Å². The molecule has 0 aliphatic rings. The molecule has 5 heteroatoms. The van der Waals surface area contributed by atoms with Crippen molar-refractivity contribution in [1.29, 1.82) is 0 Å². The summed E-state index contributed by atoms with van der Waals surface area (Å²) in [5, 5.41) is 0. The second-order valence-electron chi connectivity index (χ2n) is 6.75. The number of nitrogens with zero attached hydrogens (tertiary/aromatic N) is 2. The standard InChI is InChI=1S/C22H30N2O3/c1-3-5-7-8-9-10-18-16-23-22(24-17-18)19-12-14-20(15-13-19)26-27-21(25)11-6-4-2/h12-17H,3-11H2,1-2H3. The van der Waals surface area contributed by atoms with Gasteiger partial charge in [0.05, 0.1) is 6.42 Å². The molecule has 0 unspecified atom stereocenters. The molecule has 5 nitrogen and oxygen atoms in total. The Bertz CT molecular complexity index is 669. The number of hydrogen-bond acceptors (Lipinski definition) is 5. The molecule has 0 amide bonds. The second-order valence-corrected chi connectivity index (χ2v) is 6.75. The Kier molecular flexibility index (Phi) is 9.31. The molecule has 0 spiro atoms. The molecular weight excluding hydrogens is 340 g/mol. The van der Waals surface area contributed by atoms with Gasteiger partial charge in [-0.25, -0.2) is 14.8 Å². The number of hydrogen-bond donors (Lipinski definition) is 0. The number of benzene rings is 1. The summed E-state index contributed by atoms with van der Waals surface area (Å²) in [7, 11) is 0. The van der Waals surface area contributed by atoms with Gasteiger partial charge in [0, 0.05) is 18.0 Å². The van der Waals surface area contributed by atoms with Gasteiger partial charge in [0.15, 0.2) is 11.6 Å². The lowest BCUT2D eigenvalue weighted by molar-refractivity contribution is -0.213. The number of rotatable bonds is 12. The van der Waals surface area contributed by atoms with Crippen molar-refractivity contribution in [1.82, 2.24) is 9.97 Å². The molecule has 146 valence electrons. The normalized spacial score (nSPS) is 10.6. The van der Waals surface area contributed by atoms with Crippen molar-refractivity contribution in [3.05, 3.63) is 42.2 Å². The van der Waals surface area contributed by atoms with Crippen LogP contribution in [0.2, 0.25) is 0 Å². The van der Waals surface area contributed by atoms with Crippen LogP contribution in [0.25, 0.3) is 11.4 Å². The number of carbonyl (C=O) groups excluding carboxylic acids is 1. The van der Waals surface area contributed by atoms with E-state index in [-0.39, 0.29) is 5.97 Å². The molecule has 1 heterocycles. The molecule has 0 fully saturated rings. The van der Waals surface area contributed by atoms with E-state index in [4.69, 9.17) is 9.78 Å². The van der Waals surface area contributed by atoms with Crippen molar-refractivity contribution in [2.24, 2.45) is 0 Å². The fourth-order valence-corrected chi connectivity index (χ4v) is 2.68. The highest BCUT2D eigenvalue weighted by Gasteiger charge is 2.06. The molecule has 0 aliphatic carbocycles. The van der Waals surface area contributed by atoms with Crippen molar-refractivity contribution in [3.8, 4) is 17.1 Å². The highest BCUT2D eigenvalue weighted by atomic mass is 17.2. The zero-order valence-electron chi connectivity index (χ0n) is 16.4. The summed E-state index contributed by atoms with van der Waals surface area (Å²) in [6, 6.07) is 7.20. The predicted octanol–water partition coefficient (Wildman–Crippen LogP) is 5.68. The van der Waals surface area contributed by atoms with Gasteiger partial charge in [-0.1, -0.05) is 46.0 Å². The quantitative estimate of drug-likeness (QED) is 0.273. The van der Waals surface area contributed by atoms with Crippen LogP contribution in [0.3, 0.4) is 0 Å². The maximum Gasteiger partial charge on any atom is 0.355 e. The van der Waals surface area contributed by atoms with Crippen LogP contribution < -0.4 is 4.89 Å². The Morgan fingerprint density at radius 3 is 2.22 bits per heavy atom. The van der Waals surface area contributed by atoms with Crippen LogP contribution in [0.4, 0.5) is 0 Å². The highest BCUT2D eigenvalue weighted by molar-refractivity contribution is 5.68. The van der Waals surface area contributed by atoms with Gasteiger partial charge in [-0.2, -0.15) is 0 Å². The van der Waals surface area contributed by atoms with E-state index in [9.17, 15) is 4.79 Å². The van der Waals surface area contributed by atoms with Gasteiger partial charge in [-0.05, 0) is 49.1 Å². The van der Waals surface area contributed by atoms with Crippen molar-refractivity contribution in [3.63, 3.8) is 0 Å². The van der Waals surface area contributed by atoms with Gasteiger partial charge in [-0.3, -0.25) is 9.78 Å². The smallest absolute Gasteiger partial charge is 0.287 e. The zero-order chi connectivity index (χ0) is 19.3. The third kappa shape index (κ3) is 7.77. The van der Waals surface area contributed by atoms with Crippen molar-refractivity contribution in [2.75, 3.05) is 0 Å². The van der Waals surface area contributed by atoms with Gasteiger partial charge >= 0.3 is 5.97 Å². The summed E-state index contributed by atoms with van der Waals surface area (Å²) in [6.07, 6.45) is 13.3. The monoisotopic (exact) mass is 370 g/mol. The first-order chi connectivity index (χ1) is 13.2. The SMILES string of the molecule is CCCCCCCc1cnc(-c2ccc(OOC(=O)CCCC)cc2)nc1. The number of aryl methyl sites for hydroxylation is 1. The Labute approximate surface area is 162 Å². The molecule has 0 saturated heterocycles. The molecule has 2 aromatic rings. The maximum absolute atomic E-state index is 11.5. The van der Waals surface area contributed by atoms with E-state index >= 15 is 0 Å². The zero-order valence-corrected chi connectivity index (χ0v) is 16.4. The number of aromatic nitrogens is 2. The van der Waals surface area contributed by atoms with Crippen molar-refractivity contribution >= 4 is 5.97 Å². The summed E-state index contributed by atoms with van der Waals surface area (Å²) < 4.78 is 0. The minimum absolute atomic E-state index is 0.352. The summed E-state index contributed by atoms with van der Waals surface area (Å²) >= 11 is 0. The molecule has 1 aromatic heterocycles. The fourth-order valence-electron chi connectivity index (χ4n) is 2.68. The first-order valence-corrected chi connectivity index (χ1v) is 10.0. The molecule has 0 saturated carbocycles. The van der Waals surface area contributed by atoms with Crippen LogP contribution in [0.1, 0.15) is 70.8 Å². The Hall–Kier alpha value is -2.43. The average Bonchev–Trinajstić information content (AvgIpc) is 2.71. The van der Waals surface area contributed by atoms with Gasteiger partial charge in [-0.15, -0.1) is 0 Å². The fraction of sp³-hybridized carbons (Fsp3) is 0.500. The third-order valence-electron chi connectivity index (χ3n) is 4.35. The van der Waals surface area contributed by atoms with Crippen LogP contribution in [0.5, 0.6) is 5.75 Å². The second kappa shape index (κ2) is 12.0. The lowest BCUT2D eigenvalue weighted by Gasteiger charge is -2.06. The third-order valence-corrected chi connectivity index (χ3v) is 4.35. The minimum atomic E-state index is -0.352.